The highest BCUT2D eigenvalue weighted by Crippen LogP contribution is 2.18. The first kappa shape index (κ1) is 17.1. The molecule has 114 valence electrons. The summed E-state index contributed by atoms with van der Waals surface area (Å²) >= 11 is 0. The molecule has 0 atom stereocenters. The van der Waals surface area contributed by atoms with Crippen LogP contribution in [0.15, 0.2) is 23.1 Å². The van der Waals surface area contributed by atoms with Gasteiger partial charge in [-0.2, -0.15) is 0 Å². The molecule has 0 unspecified atom stereocenters. The number of nitrogens with zero attached hydrogens (tertiary/aromatic N) is 1. The van der Waals surface area contributed by atoms with Gasteiger partial charge >= 0.3 is 0 Å². The van der Waals surface area contributed by atoms with Crippen molar-refractivity contribution in [1.29, 1.82) is 0 Å². The van der Waals surface area contributed by atoms with Gasteiger partial charge in [-0.05, 0) is 50.7 Å². The largest absolute Gasteiger partial charge is 0.392 e. The lowest BCUT2D eigenvalue weighted by atomic mass is 10.1. The minimum absolute atomic E-state index is 0.160. The Morgan fingerprint density at radius 1 is 1.30 bits per heavy atom. The van der Waals surface area contributed by atoms with E-state index < -0.39 is 10.0 Å². The molecule has 6 heteroatoms. The van der Waals surface area contributed by atoms with Crippen LogP contribution in [0.25, 0.3) is 0 Å². The van der Waals surface area contributed by atoms with Gasteiger partial charge in [0.25, 0.3) is 0 Å². The van der Waals surface area contributed by atoms with E-state index in [0.29, 0.717) is 18.5 Å². The topological polar surface area (TPSA) is 69.6 Å². The Morgan fingerprint density at radius 2 is 2.00 bits per heavy atom. The summed E-state index contributed by atoms with van der Waals surface area (Å²) in [7, 11) is 0.392. The number of hydrogen-bond donors (Lipinski definition) is 2. The number of aliphatic hydroxyl groups is 1. The van der Waals surface area contributed by atoms with Crippen LogP contribution in [-0.4, -0.2) is 45.6 Å². The molecule has 0 spiro atoms. The first-order chi connectivity index (χ1) is 9.40. The summed E-state index contributed by atoms with van der Waals surface area (Å²) < 4.78 is 27.3. The van der Waals surface area contributed by atoms with Crippen LogP contribution in [0.3, 0.4) is 0 Å². The molecule has 0 radical (unpaired) electrons. The molecule has 20 heavy (non-hydrogen) atoms. The zero-order chi connectivity index (χ0) is 15.2. The van der Waals surface area contributed by atoms with Gasteiger partial charge in [-0.3, -0.25) is 0 Å². The van der Waals surface area contributed by atoms with E-state index in [1.165, 1.54) is 0 Å². The van der Waals surface area contributed by atoms with E-state index in [4.69, 9.17) is 5.11 Å². The standard InChI is InChI=1S/C14H24N2O3S/c1-4-13-7-6-12(11-17)10-14(13)20(18,19)15-8-5-9-16(2)3/h6-7,10,15,17H,4-5,8-9,11H2,1-3H3. The smallest absolute Gasteiger partial charge is 0.240 e. The van der Waals surface area contributed by atoms with Crippen LogP contribution in [-0.2, 0) is 23.1 Å². The number of aryl methyl sites for hydroxylation is 1. The molecule has 1 aromatic carbocycles. The van der Waals surface area contributed by atoms with E-state index in [-0.39, 0.29) is 11.5 Å². The fraction of sp³-hybridized carbons (Fsp3) is 0.571. The maximum absolute atomic E-state index is 12.3. The molecule has 0 aliphatic heterocycles. The maximum atomic E-state index is 12.3. The van der Waals surface area contributed by atoms with Crippen molar-refractivity contribution in [1.82, 2.24) is 9.62 Å². The molecule has 0 heterocycles. The molecule has 0 saturated heterocycles. The molecule has 0 aliphatic carbocycles. The lowest BCUT2D eigenvalue weighted by molar-refractivity contribution is 0.281. The Balaban J connectivity index is 2.85. The van der Waals surface area contributed by atoms with Gasteiger partial charge in [0, 0.05) is 6.54 Å². The van der Waals surface area contributed by atoms with E-state index >= 15 is 0 Å². The van der Waals surface area contributed by atoms with E-state index in [0.717, 1.165) is 18.5 Å². The Kier molecular flexibility index (Phi) is 6.61. The summed E-state index contributed by atoms with van der Waals surface area (Å²) in [6.07, 6.45) is 1.40. The minimum atomic E-state index is -3.51. The molecular formula is C14H24N2O3S. The number of aliphatic hydroxyl groups excluding tert-OH is 1. The quantitative estimate of drug-likeness (QED) is 0.702. The van der Waals surface area contributed by atoms with Gasteiger partial charge in [0.2, 0.25) is 10.0 Å². The third-order valence-electron chi connectivity index (χ3n) is 3.06. The van der Waals surface area contributed by atoms with E-state index in [9.17, 15) is 8.42 Å². The Hall–Kier alpha value is -0.950. The molecule has 0 saturated carbocycles. The number of nitrogens with one attached hydrogen (secondary N) is 1. The molecule has 2 N–H and O–H groups in total. The number of rotatable bonds is 8. The highest BCUT2D eigenvalue weighted by molar-refractivity contribution is 7.89. The second kappa shape index (κ2) is 7.73. The van der Waals surface area contributed by atoms with E-state index in [1.54, 1.807) is 18.2 Å². The summed E-state index contributed by atoms with van der Waals surface area (Å²) in [5.41, 5.74) is 1.37. The molecule has 0 amide bonds. The van der Waals surface area contributed by atoms with Crippen LogP contribution in [0.4, 0.5) is 0 Å². The third kappa shape index (κ3) is 4.86. The van der Waals surface area contributed by atoms with Gasteiger partial charge in [-0.15, -0.1) is 0 Å². The average molecular weight is 300 g/mol. The SMILES string of the molecule is CCc1ccc(CO)cc1S(=O)(=O)NCCCN(C)C. The number of benzene rings is 1. The average Bonchev–Trinajstić information content (AvgIpc) is 2.42. The lowest BCUT2D eigenvalue weighted by Crippen LogP contribution is -2.28. The summed E-state index contributed by atoms with van der Waals surface area (Å²) in [5, 5.41) is 9.15. The first-order valence-electron chi connectivity index (χ1n) is 6.77. The van der Waals surface area contributed by atoms with Crippen LogP contribution in [0, 0.1) is 0 Å². The van der Waals surface area contributed by atoms with Crippen molar-refractivity contribution in [2.24, 2.45) is 0 Å². The first-order valence-corrected chi connectivity index (χ1v) is 8.26. The zero-order valence-corrected chi connectivity index (χ0v) is 13.2. The van der Waals surface area contributed by atoms with Crippen LogP contribution in [0.1, 0.15) is 24.5 Å². The molecule has 1 rings (SSSR count). The highest BCUT2D eigenvalue weighted by atomic mass is 32.2. The maximum Gasteiger partial charge on any atom is 0.240 e. The Bertz CT molecular complexity index is 527. The van der Waals surface area contributed by atoms with Crippen molar-refractivity contribution < 1.29 is 13.5 Å². The van der Waals surface area contributed by atoms with Gasteiger partial charge in [-0.1, -0.05) is 19.1 Å². The fourth-order valence-electron chi connectivity index (χ4n) is 1.92. The third-order valence-corrected chi connectivity index (χ3v) is 4.60. The van der Waals surface area contributed by atoms with E-state index in [1.807, 2.05) is 25.9 Å². The van der Waals surface area contributed by atoms with Crippen molar-refractivity contribution in [3.63, 3.8) is 0 Å². The van der Waals surface area contributed by atoms with E-state index in [2.05, 4.69) is 4.72 Å². The van der Waals surface area contributed by atoms with Crippen LogP contribution in [0.2, 0.25) is 0 Å². The van der Waals surface area contributed by atoms with Gasteiger partial charge in [0.15, 0.2) is 0 Å². The molecular weight excluding hydrogens is 276 g/mol. The fourth-order valence-corrected chi connectivity index (χ4v) is 3.35. The summed E-state index contributed by atoms with van der Waals surface area (Å²) in [6, 6.07) is 5.07. The highest BCUT2D eigenvalue weighted by Gasteiger charge is 2.17. The molecule has 0 aromatic heterocycles. The lowest BCUT2D eigenvalue weighted by Gasteiger charge is -2.13. The van der Waals surface area contributed by atoms with Crippen molar-refractivity contribution in [2.75, 3.05) is 27.2 Å². The molecule has 0 aliphatic rings. The van der Waals surface area contributed by atoms with Crippen molar-refractivity contribution in [3.8, 4) is 0 Å². The van der Waals surface area contributed by atoms with Crippen LogP contribution < -0.4 is 4.72 Å². The monoisotopic (exact) mass is 300 g/mol. The molecule has 0 bridgehead atoms. The molecule has 0 fully saturated rings. The number of hydrogen-bond acceptors (Lipinski definition) is 4. The van der Waals surface area contributed by atoms with Gasteiger partial charge in [-0.25, -0.2) is 13.1 Å². The van der Waals surface area contributed by atoms with Crippen molar-refractivity contribution in [2.45, 2.75) is 31.3 Å². The second-order valence-corrected chi connectivity index (χ2v) is 6.74. The van der Waals surface area contributed by atoms with Crippen LogP contribution >= 0.6 is 0 Å². The summed E-state index contributed by atoms with van der Waals surface area (Å²) in [5.74, 6) is 0. The summed E-state index contributed by atoms with van der Waals surface area (Å²) in [4.78, 5) is 2.29. The van der Waals surface area contributed by atoms with Crippen LogP contribution in [0.5, 0.6) is 0 Å². The number of sulfonamides is 1. The minimum Gasteiger partial charge on any atom is -0.392 e. The predicted octanol–water partition coefficient (Wildman–Crippen LogP) is 0.971. The van der Waals surface area contributed by atoms with Gasteiger partial charge < -0.3 is 10.0 Å². The Labute approximate surface area is 121 Å². The van der Waals surface area contributed by atoms with Gasteiger partial charge in [0.05, 0.1) is 11.5 Å². The second-order valence-electron chi connectivity index (χ2n) is 5.01. The molecule has 5 nitrogen and oxygen atoms in total. The molecule has 1 aromatic rings. The van der Waals surface area contributed by atoms with Crippen molar-refractivity contribution >= 4 is 10.0 Å². The van der Waals surface area contributed by atoms with Gasteiger partial charge in [0.1, 0.15) is 0 Å². The Morgan fingerprint density at radius 3 is 2.55 bits per heavy atom. The normalized spacial score (nSPS) is 12.1. The van der Waals surface area contributed by atoms with Crippen molar-refractivity contribution in [3.05, 3.63) is 29.3 Å². The summed E-state index contributed by atoms with van der Waals surface area (Å²) in [6.45, 7) is 3.00. The predicted molar refractivity (Wildman–Crippen MR) is 80.1 cm³/mol. The zero-order valence-electron chi connectivity index (χ0n) is 12.4.